The Bertz CT molecular complexity index is 546. The zero-order valence-corrected chi connectivity index (χ0v) is 13.4. The van der Waals surface area contributed by atoms with Gasteiger partial charge in [0.1, 0.15) is 12.3 Å². The molecular formula is C16H21F3N2O3. The topological polar surface area (TPSA) is 50.8 Å². The number of nitrogens with one attached hydrogen (secondary N) is 1. The molecule has 1 aliphatic heterocycles. The lowest BCUT2D eigenvalue weighted by atomic mass is 10.2. The van der Waals surface area contributed by atoms with E-state index >= 15 is 0 Å². The van der Waals surface area contributed by atoms with Gasteiger partial charge in [-0.05, 0) is 30.5 Å². The third kappa shape index (κ3) is 5.92. The number of alkyl halides is 3. The molecule has 1 aliphatic rings. The van der Waals surface area contributed by atoms with Gasteiger partial charge in [0.15, 0.2) is 0 Å². The Hall–Kier alpha value is -1.96. The van der Waals surface area contributed by atoms with Gasteiger partial charge < -0.3 is 19.7 Å². The van der Waals surface area contributed by atoms with E-state index in [4.69, 9.17) is 9.47 Å². The zero-order valence-electron chi connectivity index (χ0n) is 13.4. The number of urea groups is 1. The first-order chi connectivity index (χ1) is 11.4. The molecule has 8 heteroatoms. The van der Waals surface area contributed by atoms with E-state index in [1.807, 2.05) is 5.32 Å². The summed E-state index contributed by atoms with van der Waals surface area (Å²) < 4.78 is 47.6. The number of amides is 2. The number of halogens is 3. The largest absolute Gasteiger partial charge is 0.497 e. The van der Waals surface area contributed by atoms with Gasteiger partial charge in [0.2, 0.25) is 0 Å². The van der Waals surface area contributed by atoms with E-state index in [9.17, 15) is 18.0 Å². The van der Waals surface area contributed by atoms with Gasteiger partial charge in [-0.25, -0.2) is 4.79 Å². The Morgan fingerprint density at radius 2 is 2.25 bits per heavy atom. The van der Waals surface area contributed by atoms with Gasteiger partial charge in [-0.1, -0.05) is 12.1 Å². The summed E-state index contributed by atoms with van der Waals surface area (Å²) in [6.45, 7) is -0.310. The Morgan fingerprint density at radius 3 is 2.88 bits per heavy atom. The first-order valence-electron chi connectivity index (χ1n) is 7.71. The number of ether oxygens (including phenoxy) is 2. The van der Waals surface area contributed by atoms with Gasteiger partial charge >= 0.3 is 12.2 Å². The van der Waals surface area contributed by atoms with E-state index in [0.717, 1.165) is 18.4 Å². The second-order valence-corrected chi connectivity index (χ2v) is 5.64. The fourth-order valence-electron chi connectivity index (χ4n) is 2.53. The van der Waals surface area contributed by atoms with E-state index in [-0.39, 0.29) is 19.2 Å². The Balaban J connectivity index is 2.04. The molecule has 1 atom stereocenters. The van der Waals surface area contributed by atoms with Crippen molar-refractivity contribution in [2.75, 3.05) is 26.8 Å². The van der Waals surface area contributed by atoms with E-state index in [1.165, 1.54) is 12.0 Å². The van der Waals surface area contributed by atoms with E-state index in [0.29, 0.717) is 12.4 Å². The van der Waals surface area contributed by atoms with Crippen LogP contribution in [0.25, 0.3) is 0 Å². The van der Waals surface area contributed by atoms with Crippen LogP contribution in [0.4, 0.5) is 18.0 Å². The fourth-order valence-corrected chi connectivity index (χ4v) is 2.53. The predicted octanol–water partition coefficient (Wildman–Crippen LogP) is 2.95. The molecule has 1 saturated heterocycles. The Kier molecular flexibility index (Phi) is 6.30. The maximum absolute atomic E-state index is 12.3. The molecule has 1 aromatic rings. The molecule has 1 aromatic carbocycles. The maximum atomic E-state index is 12.3. The molecule has 0 bridgehead atoms. The molecule has 0 aromatic heterocycles. The number of carbonyl (C=O) groups is 1. The highest BCUT2D eigenvalue weighted by Crippen LogP contribution is 2.18. The fraction of sp³-hybridized carbons (Fsp3) is 0.562. The first kappa shape index (κ1) is 18.4. The van der Waals surface area contributed by atoms with Crippen LogP contribution in [-0.2, 0) is 11.3 Å². The maximum Gasteiger partial charge on any atom is 0.405 e. The molecule has 0 radical (unpaired) electrons. The summed E-state index contributed by atoms with van der Waals surface area (Å²) in [7, 11) is 1.53. The van der Waals surface area contributed by atoms with E-state index in [2.05, 4.69) is 0 Å². The minimum atomic E-state index is -4.44. The van der Waals surface area contributed by atoms with Gasteiger partial charge in [-0.2, -0.15) is 13.2 Å². The lowest BCUT2D eigenvalue weighted by molar-refractivity contribution is -0.123. The van der Waals surface area contributed by atoms with Crippen LogP contribution < -0.4 is 10.1 Å². The summed E-state index contributed by atoms with van der Waals surface area (Å²) in [5, 5.41) is 1.92. The molecule has 2 rings (SSSR count). The van der Waals surface area contributed by atoms with Crippen LogP contribution in [0.1, 0.15) is 18.4 Å². The molecule has 1 unspecified atom stereocenters. The van der Waals surface area contributed by atoms with E-state index in [1.54, 1.807) is 24.3 Å². The average Bonchev–Trinajstić information content (AvgIpc) is 3.04. The molecule has 1 N–H and O–H groups in total. The Morgan fingerprint density at radius 1 is 1.46 bits per heavy atom. The van der Waals surface area contributed by atoms with Crippen molar-refractivity contribution in [3.63, 3.8) is 0 Å². The number of hydrogen-bond donors (Lipinski definition) is 1. The first-order valence-corrected chi connectivity index (χ1v) is 7.71. The molecule has 0 spiro atoms. The summed E-state index contributed by atoms with van der Waals surface area (Å²) in [5.41, 5.74) is 0.773. The number of methoxy groups -OCH3 is 1. The number of benzene rings is 1. The average molecular weight is 346 g/mol. The van der Waals surface area contributed by atoms with Crippen LogP contribution in [0.3, 0.4) is 0 Å². The summed E-state index contributed by atoms with van der Waals surface area (Å²) in [4.78, 5) is 13.5. The third-order valence-electron chi connectivity index (χ3n) is 3.68. The SMILES string of the molecule is COc1cccc(CN(CC2CCCO2)C(=O)NCC(F)(F)F)c1. The minimum Gasteiger partial charge on any atom is -0.497 e. The number of hydrogen-bond acceptors (Lipinski definition) is 3. The molecule has 24 heavy (non-hydrogen) atoms. The smallest absolute Gasteiger partial charge is 0.405 e. The molecule has 5 nitrogen and oxygen atoms in total. The van der Waals surface area contributed by atoms with E-state index < -0.39 is 18.8 Å². The molecule has 1 fully saturated rings. The summed E-state index contributed by atoms with van der Waals surface area (Å²) in [6, 6.07) is 6.32. The summed E-state index contributed by atoms with van der Waals surface area (Å²) in [6.07, 6.45) is -2.91. The molecule has 0 aliphatic carbocycles. The van der Waals surface area contributed by atoms with Crippen molar-refractivity contribution in [2.45, 2.75) is 31.7 Å². The standard InChI is InChI=1S/C16H21F3N2O3/c1-23-13-5-2-4-12(8-13)9-21(10-14-6-3-7-24-14)15(22)20-11-16(17,18)19/h2,4-5,8,14H,3,6-7,9-11H2,1H3,(H,20,22). The van der Waals surface area contributed by atoms with Crippen LogP contribution in [-0.4, -0.2) is 50.0 Å². The highest BCUT2D eigenvalue weighted by Gasteiger charge is 2.30. The van der Waals surface area contributed by atoms with Crippen molar-refractivity contribution in [2.24, 2.45) is 0 Å². The highest BCUT2D eigenvalue weighted by molar-refractivity contribution is 5.74. The molecule has 2 amide bonds. The van der Waals surface area contributed by atoms with Gasteiger partial charge in [-0.15, -0.1) is 0 Å². The lowest BCUT2D eigenvalue weighted by Gasteiger charge is -2.26. The van der Waals surface area contributed by atoms with Gasteiger partial charge in [0.25, 0.3) is 0 Å². The van der Waals surface area contributed by atoms with Gasteiger partial charge in [0.05, 0.1) is 13.2 Å². The van der Waals surface area contributed by atoms with Crippen LogP contribution in [0, 0.1) is 0 Å². The van der Waals surface area contributed by atoms with Crippen LogP contribution in [0.2, 0.25) is 0 Å². The van der Waals surface area contributed by atoms with Crippen molar-refractivity contribution in [1.29, 1.82) is 0 Å². The van der Waals surface area contributed by atoms with Crippen molar-refractivity contribution in [3.8, 4) is 5.75 Å². The van der Waals surface area contributed by atoms with Crippen molar-refractivity contribution in [3.05, 3.63) is 29.8 Å². The number of carbonyl (C=O) groups excluding carboxylic acids is 1. The molecule has 1 heterocycles. The normalized spacial score (nSPS) is 17.6. The predicted molar refractivity (Wildman–Crippen MR) is 81.8 cm³/mol. The second kappa shape index (κ2) is 8.23. The molecule has 134 valence electrons. The molecular weight excluding hydrogens is 325 g/mol. The van der Waals surface area contributed by atoms with Crippen molar-refractivity contribution >= 4 is 6.03 Å². The third-order valence-corrected chi connectivity index (χ3v) is 3.68. The summed E-state index contributed by atoms with van der Waals surface area (Å²) >= 11 is 0. The zero-order chi connectivity index (χ0) is 17.6. The lowest BCUT2D eigenvalue weighted by Crippen LogP contribution is -2.46. The van der Waals surface area contributed by atoms with Gasteiger partial charge in [0, 0.05) is 19.7 Å². The van der Waals surface area contributed by atoms with Crippen molar-refractivity contribution < 1.29 is 27.4 Å². The van der Waals surface area contributed by atoms with Crippen LogP contribution >= 0.6 is 0 Å². The second-order valence-electron chi connectivity index (χ2n) is 5.64. The van der Waals surface area contributed by atoms with Crippen LogP contribution in [0.5, 0.6) is 5.75 Å². The van der Waals surface area contributed by atoms with Gasteiger partial charge in [-0.3, -0.25) is 0 Å². The summed E-state index contributed by atoms with van der Waals surface area (Å²) in [5.74, 6) is 0.625. The minimum absolute atomic E-state index is 0.146. The highest BCUT2D eigenvalue weighted by atomic mass is 19.4. The Labute approximate surface area is 138 Å². The number of rotatable bonds is 6. The van der Waals surface area contributed by atoms with Crippen LogP contribution in [0.15, 0.2) is 24.3 Å². The molecule has 0 saturated carbocycles. The monoisotopic (exact) mass is 346 g/mol. The van der Waals surface area contributed by atoms with Crippen molar-refractivity contribution in [1.82, 2.24) is 10.2 Å². The quantitative estimate of drug-likeness (QED) is 0.862. The number of nitrogens with zero attached hydrogens (tertiary/aromatic N) is 1.